The number of benzene rings is 3. The highest BCUT2D eigenvalue weighted by Gasteiger charge is 2.46. The van der Waals surface area contributed by atoms with E-state index in [2.05, 4.69) is 125 Å². The van der Waals surface area contributed by atoms with E-state index in [-0.39, 0.29) is 17.1 Å². The van der Waals surface area contributed by atoms with Crippen LogP contribution in [-0.4, -0.2) is 33.2 Å². The predicted octanol–water partition coefficient (Wildman–Crippen LogP) is 6.71. The normalized spacial score (nSPS) is 13.3. The van der Waals surface area contributed by atoms with Gasteiger partial charge in [0.2, 0.25) is 0 Å². The van der Waals surface area contributed by atoms with Crippen LogP contribution in [0.1, 0.15) is 40.5 Å². The summed E-state index contributed by atoms with van der Waals surface area (Å²) >= 11 is 0. The maximum absolute atomic E-state index is 11.5. The van der Waals surface area contributed by atoms with Gasteiger partial charge in [0.15, 0.2) is 8.32 Å². The van der Waals surface area contributed by atoms with Gasteiger partial charge in [-0.3, -0.25) is 4.79 Å². The van der Waals surface area contributed by atoms with Crippen LogP contribution in [-0.2, 0) is 14.0 Å². The number of hydrogen-bond acceptors (Lipinski definition) is 3. The molecule has 3 aromatic rings. The van der Waals surface area contributed by atoms with Crippen molar-refractivity contribution >= 4 is 37.5 Å². The van der Waals surface area contributed by atoms with E-state index in [1.54, 1.807) is 0 Å². The SMILES string of the molecule is CC(=O)OCC[C@@H](CC[P+](c1ccccc1)(c1ccccc1)c1ccccc1)O[Si](C)(C)C(C)(C)C. The minimum absolute atomic E-state index is 0.0285. The molecule has 0 radical (unpaired) electrons. The first-order chi connectivity index (χ1) is 17.1. The third-order valence-corrected chi connectivity index (χ3v) is 16.4. The Hall–Kier alpha value is -2.26. The molecule has 3 aromatic carbocycles. The molecule has 0 heterocycles. The van der Waals surface area contributed by atoms with E-state index in [9.17, 15) is 4.79 Å². The van der Waals surface area contributed by atoms with E-state index < -0.39 is 15.6 Å². The van der Waals surface area contributed by atoms with Crippen molar-refractivity contribution in [1.29, 1.82) is 0 Å². The summed E-state index contributed by atoms with van der Waals surface area (Å²) in [5.41, 5.74) is 0. The molecular formula is C31H42O3PSi+. The van der Waals surface area contributed by atoms with Crippen molar-refractivity contribution in [2.24, 2.45) is 0 Å². The molecule has 0 N–H and O–H groups in total. The van der Waals surface area contributed by atoms with Gasteiger partial charge in [-0.05, 0) is 54.5 Å². The number of esters is 1. The molecule has 0 amide bonds. The largest absolute Gasteiger partial charge is 0.466 e. The molecule has 0 aliphatic rings. The highest BCUT2D eigenvalue weighted by atomic mass is 31.2. The van der Waals surface area contributed by atoms with Crippen molar-refractivity contribution in [3.8, 4) is 0 Å². The molecule has 3 nitrogen and oxygen atoms in total. The summed E-state index contributed by atoms with van der Waals surface area (Å²) < 4.78 is 12.3. The zero-order valence-corrected chi connectivity index (χ0v) is 24.6. The summed E-state index contributed by atoms with van der Waals surface area (Å²) in [7, 11) is -3.94. The Morgan fingerprint density at radius 1 is 0.778 bits per heavy atom. The quantitative estimate of drug-likeness (QED) is 0.160. The number of carbonyl (C=O) groups excluding carboxylic acids is 1. The summed E-state index contributed by atoms with van der Waals surface area (Å²) in [5.74, 6) is -0.235. The maximum Gasteiger partial charge on any atom is 0.302 e. The van der Waals surface area contributed by atoms with E-state index in [0.717, 1.165) is 12.6 Å². The molecule has 0 aliphatic carbocycles. The molecule has 0 saturated carbocycles. The van der Waals surface area contributed by atoms with Gasteiger partial charge in [0.05, 0.1) is 18.9 Å². The van der Waals surface area contributed by atoms with Crippen molar-refractivity contribution in [2.45, 2.75) is 64.8 Å². The summed E-state index contributed by atoms with van der Waals surface area (Å²) in [6.07, 6.45) is 2.63. The van der Waals surface area contributed by atoms with Crippen LogP contribution >= 0.6 is 7.26 Å². The van der Waals surface area contributed by atoms with Crippen LogP contribution in [0, 0.1) is 0 Å². The average Bonchev–Trinajstić information content (AvgIpc) is 2.85. The molecule has 1 atom stereocenters. The fourth-order valence-electron chi connectivity index (χ4n) is 4.41. The molecular weight excluding hydrogens is 479 g/mol. The Morgan fingerprint density at radius 2 is 1.19 bits per heavy atom. The number of ether oxygens (including phenoxy) is 1. The number of rotatable bonds is 11. The molecule has 0 spiro atoms. The van der Waals surface area contributed by atoms with Crippen LogP contribution in [0.2, 0.25) is 18.1 Å². The molecule has 192 valence electrons. The highest BCUT2D eigenvalue weighted by Crippen LogP contribution is 2.56. The van der Waals surface area contributed by atoms with E-state index in [1.807, 2.05) is 0 Å². The van der Waals surface area contributed by atoms with Gasteiger partial charge >= 0.3 is 5.97 Å². The zero-order chi connectivity index (χ0) is 26.2. The van der Waals surface area contributed by atoms with E-state index in [4.69, 9.17) is 9.16 Å². The van der Waals surface area contributed by atoms with Gasteiger partial charge in [-0.25, -0.2) is 0 Å². The minimum atomic E-state index is -2.01. The molecule has 3 rings (SSSR count). The van der Waals surface area contributed by atoms with Gasteiger partial charge in [-0.1, -0.05) is 75.4 Å². The second-order valence-electron chi connectivity index (χ2n) is 11.0. The van der Waals surface area contributed by atoms with E-state index in [1.165, 1.54) is 22.8 Å². The van der Waals surface area contributed by atoms with Crippen LogP contribution in [0.15, 0.2) is 91.0 Å². The second kappa shape index (κ2) is 12.3. The smallest absolute Gasteiger partial charge is 0.302 e. The minimum Gasteiger partial charge on any atom is -0.466 e. The molecule has 0 aromatic heterocycles. The summed E-state index contributed by atoms with van der Waals surface area (Å²) in [6, 6.07) is 32.9. The first-order valence-corrected chi connectivity index (χ1v) is 17.8. The Kier molecular flexibility index (Phi) is 9.69. The topological polar surface area (TPSA) is 35.5 Å². The molecule has 0 unspecified atom stereocenters. The second-order valence-corrected chi connectivity index (χ2v) is 19.3. The Labute approximate surface area is 219 Å². The maximum atomic E-state index is 11.5. The van der Waals surface area contributed by atoms with Crippen LogP contribution in [0.3, 0.4) is 0 Å². The highest BCUT2D eigenvalue weighted by molar-refractivity contribution is 7.95. The third-order valence-electron chi connectivity index (χ3n) is 7.39. The Morgan fingerprint density at radius 3 is 1.56 bits per heavy atom. The van der Waals surface area contributed by atoms with Gasteiger partial charge in [-0.15, -0.1) is 0 Å². The van der Waals surface area contributed by atoms with Crippen molar-refractivity contribution in [3.63, 3.8) is 0 Å². The lowest BCUT2D eigenvalue weighted by Crippen LogP contribution is -2.45. The lowest BCUT2D eigenvalue weighted by Gasteiger charge is -2.40. The van der Waals surface area contributed by atoms with Crippen LogP contribution < -0.4 is 15.9 Å². The fourth-order valence-corrected chi connectivity index (χ4v) is 10.2. The van der Waals surface area contributed by atoms with Crippen LogP contribution in [0.25, 0.3) is 0 Å². The lowest BCUT2D eigenvalue weighted by molar-refractivity contribution is -0.141. The molecule has 0 aliphatic heterocycles. The predicted molar refractivity (Wildman–Crippen MR) is 158 cm³/mol. The van der Waals surface area contributed by atoms with E-state index in [0.29, 0.717) is 13.0 Å². The van der Waals surface area contributed by atoms with Gasteiger partial charge in [0.25, 0.3) is 0 Å². The van der Waals surface area contributed by atoms with Crippen molar-refractivity contribution < 1.29 is 14.0 Å². The van der Waals surface area contributed by atoms with E-state index >= 15 is 0 Å². The first-order valence-electron chi connectivity index (χ1n) is 12.9. The van der Waals surface area contributed by atoms with Crippen LogP contribution in [0.4, 0.5) is 0 Å². The zero-order valence-electron chi connectivity index (χ0n) is 22.7. The van der Waals surface area contributed by atoms with Gasteiger partial charge < -0.3 is 9.16 Å². The summed E-state index contributed by atoms with van der Waals surface area (Å²) in [6.45, 7) is 13.3. The van der Waals surface area contributed by atoms with Gasteiger partial charge in [0.1, 0.15) is 23.2 Å². The fraction of sp³-hybridized carbons (Fsp3) is 0.387. The molecule has 0 fully saturated rings. The summed E-state index contributed by atoms with van der Waals surface area (Å²) in [5, 5.41) is 4.26. The van der Waals surface area contributed by atoms with Crippen LogP contribution in [0.5, 0.6) is 0 Å². The lowest BCUT2D eigenvalue weighted by atomic mass is 10.2. The summed E-state index contributed by atoms with van der Waals surface area (Å²) in [4.78, 5) is 11.5. The molecule has 0 saturated heterocycles. The van der Waals surface area contributed by atoms with Gasteiger partial charge in [0, 0.05) is 19.8 Å². The number of hydrogen-bond donors (Lipinski definition) is 0. The Bertz CT molecular complexity index is 982. The average molecular weight is 522 g/mol. The molecule has 5 heteroatoms. The van der Waals surface area contributed by atoms with Crippen molar-refractivity contribution in [3.05, 3.63) is 91.0 Å². The standard InChI is InChI=1S/C31H42O3PSi/c1-26(32)33-24-22-27(34-36(5,6)31(2,3)4)23-25-35(28-16-10-7-11-17-28,29-18-12-8-13-19-29)30-20-14-9-15-21-30/h7-21,27H,22-25H2,1-6H3/q+1/t27-/m0/s1. The molecule has 0 bridgehead atoms. The first kappa shape index (κ1) is 28.3. The monoisotopic (exact) mass is 521 g/mol. The van der Waals surface area contributed by atoms with Crippen molar-refractivity contribution in [1.82, 2.24) is 0 Å². The van der Waals surface area contributed by atoms with Crippen molar-refractivity contribution in [2.75, 3.05) is 12.8 Å². The van der Waals surface area contributed by atoms with Gasteiger partial charge in [-0.2, -0.15) is 0 Å². The molecule has 36 heavy (non-hydrogen) atoms. The Balaban J connectivity index is 2.04. The number of carbonyl (C=O) groups is 1. The third kappa shape index (κ3) is 6.94.